The van der Waals surface area contributed by atoms with Crippen molar-refractivity contribution < 1.29 is 14.3 Å². The molecule has 0 aromatic rings. The molecule has 96 valence electrons. The molecule has 0 spiro atoms. The number of esters is 1. The molecule has 1 aliphatic rings. The summed E-state index contributed by atoms with van der Waals surface area (Å²) in [6.07, 6.45) is 4.91. The van der Waals surface area contributed by atoms with E-state index < -0.39 is 5.97 Å². The second kappa shape index (κ2) is 7.06. The van der Waals surface area contributed by atoms with E-state index in [0.29, 0.717) is 6.54 Å². The molecule has 0 aromatic carbocycles. The third-order valence-corrected chi connectivity index (χ3v) is 2.84. The monoisotopic (exact) mass is 240 g/mol. The van der Waals surface area contributed by atoms with Crippen LogP contribution in [0.15, 0.2) is 12.2 Å². The van der Waals surface area contributed by atoms with Crippen LogP contribution in [0, 0.1) is 5.92 Å². The second-order valence-electron chi connectivity index (χ2n) is 4.27. The lowest BCUT2D eigenvalue weighted by atomic mass is 9.98. The standard InChI is InChI=1S/C12H20N2O3/c1-14-8-4-5-10(9-14)12(16)13-7-3-6-11(15)17-2/h3,6,10H,4-5,7-9H2,1-2H3,(H,13,16)/b6-3+. The van der Waals surface area contributed by atoms with Gasteiger partial charge in [0, 0.05) is 19.2 Å². The summed E-state index contributed by atoms with van der Waals surface area (Å²) in [5.41, 5.74) is 0. The van der Waals surface area contributed by atoms with E-state index in [-0.39, 0.29) is 11.8 Å². The van der Waals surface area contributed by atoms with Gasteiger partial charge in [-0.1, -0.05) is 6.08 Å². The Kier molecular flexibility index (Phi) is 5.69. The number of nitrogens with one attached hydrogen (secondary N) is 1. The van der Waals surface area contributed by atoms with Crippen LogP contribution in [0.4, 0.5) is 0 Å². The van der Waals surface area contributed by atoms with Crippen LogP contribution in [0.2, 0.25) is 0 Å². The first-order valence-corrected chi connectivity index (χ1v) is 5.84. The van der Waals surface area contributed by atoms with E-state index in [1.165, 1.54) is 13.2 Å². The summed E-state index contributed by atoms with van der Waals surface area (Å²) in [7, 11) is 3.35. The molecular weight excluding hydrogens is 220 g/mol. The maximum Gasteiger partial charge on any atom is 0.330 e. The van der Waals surface area contributed by atoms with Gasteiger partial charge < -0.3 is 15.0 Å². The lowest BCUT2D eigenvalue weighted by Crippen LogP contribution is -2.41. The van der Waals surface area contributed by atoms with Gasteiger partial charge in [-0.25, -0.2) is 4.79 Å². The molecule has 1 fully saturated rings. The van der Waals surface area contributed by atoms with E-state index >= 15 is 0 Å². The van der Waals surface area contributed by atoms with Gasteiger partial charge in [0.15, 0.2) is 0 Å². The molecule has 0 bridgehead atoms. The molecule has 0 aromatic heterocycles. The van der Waals surface area contributed by atoms with E-state index in [1.807, 2.05) is 7.05 Å². The van der Waals surface area contributed by atoms with E-state index in [2.05, 4.69) is 15.0 Å². The summed E-state index contributed by atoms with van der Waals surface area (Å²) in [5.74, 6) is -0.275. The summed E-state index contributed by atoms with van der Waals surface area (Å²) in [6.45, 7) is 2.24. The Labute approximate surface area is 102 Å². The van der Waals surface area contributed by atoms with Crippen molar-refractivity contribution in [2.75, 3.05) is 33.8 Å². The number of amides is 1. The van der Waals surface area contributed by atoms with Crippen molar-refractivity contribution in [2.45, 2.75) is 12.8 Å². The number of methoxy groups -OCH3 is 1. The summed E-state index contributed by atoms with van der Waals surface area (Å²) in [6, 6.07) is 0. The highest BCUT2D eigenvalue weighted by molar-refractivity contribution is 5.82. The number of nitrogens with zero attached hydrogens (tertiary/aromatic N) is 1. The van der Waals surface area contributed by atoms with Crippen LogP contribution in [0.5, 0.6) is 0 Å². The van der Waals surface area contributed by atoms with Crippen LogP contribution in [0.25, 0.3) is 0 Å². The molecule has 1 aliphatic heterocycles. The number of rotatable bonds is 4. The van der Waals surface area contributed by atoms with Crippen LogP contribution < -0.4 is 5.32 Å². The molecule has 5 nitrogen and oxygen atoms in total. The minimum absolute atomic E-state index is 0.0612. The van der Waals surface area contributed by atoms with Crippen LogP contribution >= 0.6 is 0 Å². The fourth-order valence-electron chi connectivity index (χ4n) is 1.91. The topological polar surface area (TPSA) is 58.6 Å². The third-order valence-electron chi connectivity index (χ3n) is 2.84. The molecule has 1 atom stereocenters. The van der Waals surface area contributed by atoms with Gasteiger partial charge in [-0.05, 0) is 26.4 Å². The minimum atomic E-state index is -0.406. The Bertz CT molecular complexity index is 302. The first-order valence-electron chi connectivity index (χ1n) is 5.84. The van der Waals surface area contributed by atoms with E-state index in [1.54, 1.807) is 6.08 Å². The highest BCUT2D eigenvalue weighted by atomic mass is 16.5. The average Bonchev–Trinajstić information content (AvgIpc) is 2.34. The van der Waals surface area contributed by atoms with Gasteiger partial charge in [0.25, 0.3) is 0 Å². The van der Waals surface area contributed by atoms with Gasteiger partial charge in [-0.2, -0.15) is 0 Å². The molecule has 1 saturated heterocycles. The number of ether oxygens (including phenoxy) is 1. The molecule has 0 radical (unpaired) electrons. The zero-order chi connectivity index (χ0) is 12.7. The number of piperidine rings is 1. The van der Waals surface area contributed by atoms with Gasteiger partial charge in [-0.15, -0.1) is 0 Å². The normalized spacial score (nSPS) is 21.4. The minimum Gasteiger partial charge on any atom is -0.466 e. The molecule has 0 aliphatic carbocycles. The van der Waals surface area contributed by atoms with Crippen LogP contribution in [-0.4, -0.2) is 50.6 Å². The van der Waals surface area contributed by atoms with Gasteiger partial charge in [0.1, 0.15) is 0 Å². The lowest BCUT2D eigenvalue weighted by molar-refractivity contribution is -0.135. The summed E-state index contributed by atoms with van der Waals surface area (Å²) >= 11 is 0. The van der Waals surface area contributed by atoms with Gasteiger partial charge >= 0.3 is 5.97 Å². The predicted molar refractivity (Wildman–Crippen MR) is 64.4 cm³/mol. The zero-order valence-electron chi connectivity index (χ0n) is 10.4. The molecule has 1 rings (SSSR count). The Morgan fingerprint density at radius 1 is 1.53 bits per heavy atom. The average molecular weight is 240 g/mol. The number of hydrogen-bond acceptors (Lipinski definition) is 4. The smallest absolute Gasteiger partial charge is 0.330 e. The summed E-state index contributed by atoms with van der Waals surface area (Å²) < 4.78 is 4.44. The predicted octanol–water partition coefficient (Wildman–Crippen LogP) is 0.174. The Balaban J connectivity index is 2.25. The maximum atomic E-state index is 11.8. The quantitative estimate of drug-likeness (QED) is 0.562. The molecule has 5 heteroatoms. The molecule has 17 heavy (non-hydrogen) atoms. The lowest BCUT2D eigenvalue weighted by Gasteiger charge is -2.28. The number of carbonyl (C=O) groups is 2. The van der Waals surface area contributed by atoms with Crippen molar-refractivity contribution in [2.24, 2.45) is 5.92 Å². The van der Waals surface area contributed by atoms with E-state index in [4.69, 9.17) is 0 Å². The molecule has 0 saturated carbocycles. The van der Waals surface area contributed by atoms with Gasteiger partial charge in [-0.3, -0.25) is 4.79 Å². The van der Waals surface area contributed by atoms with Crippen molar-refractivity contribution in [3.63, 3.8) is 0 Å². The van der Waals surface area contributed by atoms with Gasteiger partial charge in [0.2, 0.25) is 5.91 Å². The Hall–Kier alpha value is -1.36. The molecule has 1 N–H and O–H groups in total. The maximum absolute atomic E-state index is 11.8. The number of hydrogen-bond donors (Lipinski definition) is 1. The van der Waals surface area contributed by atoms with E-state index in [9.17, 15) is 9.59 Å². The van der Waals surface area contributed by atoms with Crippen LogP contribution in [0.3, 0.4) is 0 Å². The summed E-state index contributed by atoms with van der Waals surface area (Å²) in [4.78, 5) is 24.7. The van der Waals surface area contributed by atoms with Crippen molar-refractivity contribution in [1.29, 1.82) is 0 Å². The SMILES string of the molecule is COC(=O)/C=C/CNC(=O)C1CCCN(C)C1. The second-order valence-corrected chi connectivity index (χ2v) is 4.27. The van der Waals surface area contributed by atoms with Crippen LogP contribution in [-0.2, 0) is 14.3 Å². The van der Waals surface area contributed by atoms with Crippen molar-refractivity contribution in [3.8, 4) is 0 Å². The fourth-order valence-corrected chi connectivity index (χ4v) is 1.91. The summed E-state index contributed by atoms with van der Waals surface area (Å²) in [5, 5.41) is 2.79. The van der Waals surface area contributed by atoms with Crippen molar-refractivity contribution in [3.05, 3.63) is 12.2 Å². The highest BCUT2D eigenvalue weighted by Gasteiger charge is 2.23. The number of carbonyl (C=O) groups excluding carboxylic acids is 2. The van der Waals surface area contributed by atoms with Crippen molar-refractivity contribution in [1.82, 2.24) is 10.2 Å². The Morgan fingerprint density at radius 2 is 2.29 bits per heavy atom. The van der Waals surface area contributed by atoms with Crippen LogP contribution in [0.1, 0.15) is 12.8 Å². The molecule has 1 heterocycles. The molecule has 1 unspecified atom stereocenters. The first-order chi connectivity index (χ1) is 8.13. The molecular formula is C12H20N2O3. The fraction of sp³-hybridized carbons (Fsp3) is 0.667. The largest absolute Gasteiger partial charge is 0.466 e. The van der Waals surface area contributed by atoms with Crippen molar-refractivity contribution >= 4 is 11.9 Å². The Morgan fingerprint density at radius 3 is 2.94 bits per heavy atom. The first kappa shape index (κ1) is 13.7. The third kappa shape index (κ3) is 4.99. The van der Waals surface area contributed by atoms with E-state index in [0.717, 1.165) is 25.9 Å². The zero-order valence-corrected chi connectivity index (χ0v) is 10.4. The number of likely N-dealkylation sites (tertiary alicyclic amines) is 1. The highest BCUT2D eigenvalue weighted by Crippen LogP contribution is 2.14. The molecule has 1 amide bonds. The van der Waals surface area contributed by atoms with Gasteiger partial charge in [0.05, 0.1) is 13.0 Å².